The van der Waals surface area contributed by atoms with Crippen LogP contribution in [0.1, 0.15) is 56.0 Å². The predicted molar refractivity (Wildman–Crippen MR) is 144 cm³/mol. The molecule has 4 rings (SSSR count). The second-order valence-electron chi connectivity index (χ2n) is 11.1. The molecule has 1 aliphatic heterocycles. The Morgan fingerprint density at radius 1 is 1.15 bits per heavy atom. The zero-order valence-electron chi connectivity index (χ0n) is 22.5. The molecule has 2 atom stereocenters. The van der Waals surface area contributed by atoms with Gasteiger partial charge in [-0.05, 0) is 57.0 Å². The van der Waals surface area contributed by atoms with E-state index in [9.17, 15) is 31.6 Å². The summed E-state index contributed by atoms with van der Waals surface area (Å²) in [5.74, 6) is -6.97. The van der Waals surface area contributed by atoms with Gasteiger partial charge in [0.2, 0.25) is 5.92 Å². The van der Waals surface area contributed by atoms with Crippen molar-refractivity contribution in [1.82, 2.24) is 10.6 Å². The Labute approximate surface area is 240 Å². The van der Waals surface area contributed by atoms with E-state index in [1.807, 2.05) is 0 Å². The molecule has 2 aromatic rings. The maximum Gasteiger partial charge on any atom is 0.408 e. The topological polar surface area (TPSA) is 122 Å². The van der Waals surface area contributed by atoms with E-state index in [4.69, 9.17) is 16.3 Å². The van der Waals surface area contributed by atoms with E-state index in [1.54, 1.807) is 45.0 Å². The molecular weight excluding hydrogens is 587 g/mol. The standard InChI is InChI=1S/C27H29ClF3N3O6S/c1-26(2,3)40-25(37)33-20-14-41(38,39)22-11-19(29)18(23(35)32-17-8-9-27(30,31)12-17)10-21(22)34(24(20)36)13-15-4-6-16(28)7-5-15/h4-7,10-11,17,20H,8-9,12-14H2,1-3H3,(H,32,35)(H,33,37)/t17?,20-/m0/s1. The first kappa shape index (κ1) is 30.6. The molecule has 1 unspecified atom stereocenters. The average Bonchev–Trinajstić information content (AvgIpc) is 3.16. The molecule has 222 valence electrons. The number of amides is 3. The molecule has 0 spiro atoms. The first-order valence-electron chi connectivity index (χ1n) is 12.7. The first-order valence-corrected chi connectivity index (χ1v) is 14.8. The van der Waals surface area contributed by atoms with Crippen LogP contribution in [0.3, 0.4) is 0 Å². The average molecular weight is 616 g/mol. The fourth-order valence-corrected chi connectivity index (χ4v) is 6.43. The molecule has 3 amide bonds. The minimum Gasteiger partial charge on any atom is -0.444 e. The lowest BCUT2D eigenvalue weighted by Crippen LogP contribution is -2.51. The molecule has 2 N–H and O–H groups in total. The van der Waals surface area contributed by atoms with Crippen LogP contribution >= 0.6 is 11.6 Å². The minimum absolute atomic E-state index is 0.0150. The second-order valence-corrected chi connectivity index (χ2v) is 13.5. The van der Waals surface area contributed by atoms with Gasteiger partial charge in [0, 0.05) is 23.9 Å². The number of hydrogen-bond donors (Lipinski definition) is 2. The SMILES string of the molecule is CC(C)(C)OC(=O)N[C@H]1CS(=O)(=O)c2cc(F)c(C(=O)NC3CCC(F)(F)C3)cc2N(Cc2ccc(Cl)cc2)C1=O. The van der Waals surface area contributed by atoms with E-state index in [1.165, 1.54) is 0 Å². The highest BCUT2D eigenvalue weighted by Gasteiger charge is 2.42. The zero-order valence-corrected chi connectivity index (χ0v) is 24.0. The number of nitrogens with one attached hydrogen (secondary N) is 2. The van der Waals surface area contributed by atoms with Crippen LogP contribution < -0.4 is 15.5 Å². The van der Waals surface area contributed by atoms with Crippen molar-refractivity contribution < 1.29 is 40.7 Å². The van der Waals surface area contributed by atoms with E-state index in [-0.39, 0.29) is 18.7 Å². The number of alkyl halides is 2. The van der Waals surface area contributed by atoms with Crippen molar-refractivity contribution in [3.8, 4) is 0 Å². The lowest BCUT2D eigenvalue weighted by atomic mass is 10.1. The molecule has 0 aromatic heterocycles. The van der Waals surface area contributed by atoms with Gasteiger partial charge in [0.25, 0.3) is 11.8 Å². The lowest BCUT2D eigenvalue weighted by Gasteiger charge is -2.27. The number of benzene rings is 2. The van der Waals surface area contributed by atoms with Gasteiger partial charge in [0.1, 0.15) is 17.5 Å². The Balaban J connectivity index is 1.76. The Kier molecular flexibility index (Phi) is 8.34. The molecule has 1 heterocycles. The number of ether oxygens (including phenoxy) is 1. The molecule has 41 heavy (non-hydrogen) atoms. The predicted octanol–water partition coefficient (Wildman–Crippen LogP) is 4.61. The molecule has 0 saturated heterocycles. The quantitative estimate of drug-likeness (QED) is 0.507. The molecule has 9 nitrogen and oxygen atoms in total. The summed E-state index contributed by atoms with van der Waals surface area (Å²) in [5, 5.41) is 5.07. The summed E-state index contributed by atoms with van der Waals surface area (Å²) in [5.41, 5.74) is -1.37. The van der Waals surface area contributed by atoms with Crippen molar-refractivity contribution in [2.24, 2.45) is 0 Å². The van der Waals surface area contributed by atoms with Gasteiger partial charge in [-0.1, -0.05) is 23.7 Å². The summed E-state index contributed by atoms with van der Waals surface area (Å²) in [6.45, 7) is 4.53. The summed E-state index contributed by atoms with van der Waals surface area (Å²) in [7, 11) is -4.41. The van der Waals surface area contributed by atoms with Gasteiger partial charge >= 0.3 is 6.09 Å². The minimum atomic E-state index is -4.41. The normalized spacial score (nSPS) is 21.5. The van der Waals surface area contributed by atoms with Crippen LogP contribution in [-0.4, -0.2) is 55.7 Å². The van der Waals surface area contributed by atoms with Gasteiger partial charge in [-0.3, -0.25) is 9.59 Å². The summed E-state index contributed by atoms with van der Waals surface area (Å²) in [4.78, 5) is 39.7. The molecule has 1 fully saturated rings. The van der Waals surface area contributed by atoms with E-state index < -0.39 is 86.2 Å². The second kappa shape index (κ2) is 11.2. The smallest absolute Gasteiger partial charge is 0.408 e. The fourth-order valence-electron chi connectivity index (χ4n) is 4.69. The van der Waals surface area contributed by atoms with E-state index in [0.29, 0.717) is 16.7 Å². The number of sulfone groups is 1. The van der Waals surface area contributed by atoms with Crippen molar-refractivity contribution in [1.29, 1.82) is 0 Å². The monoisotopic (exact) mass is 615 g/mol. The van der Waals surface area contributed by atoms with Crippen LogP contribution in [0, 0.1) is 5.82 Å². The summed E-state index contributed by atoms with van der Waals surface area (Å²) < 4.78 is 74.5. The van der Waals surface area contributed by atoms with Crippen LogP contribution in [0.15, 0.2) is 41.3 Å². The molecule has 0 bridgehead atoms. The number of alkyl carbamates (subject to hydrolysis) is 1. The third-order valence-electron chi connectivity index (χ3n) is 6.55. The number of carbonyl (C=O) groups excluding carboxylic acids is 3. The lowest BCUT2D eigenvalue weighted by molar-refractivity contribution is -0.120. The molecule has 0 radical (unpaired) electrons. The van der Waals surface area contributed by atoms with E-state index in [0.717, 1.165) is 11.0 Å². The van der Waals surface area contributed by atoms with Crippen molar-refractivity contribution in [3.05, 3.63) is 58.4 Å². The van der Waals surface area contributed by atoms with Crippen LogP contribution in [0.5, 0.6) is 0 Å². The third kappa shape index (κ3) is 7.31. The van der Waals surface area contributed by atoms with Gasteiger partial charge in [-0.25, -0.2) is 26.4 Å². The molecular formula is C27H29ClF3N3O6S. The van der Waals surface area contributed by atoms with E-state index >= 15 is 4.39 Å². The Bertz CT molecular complexity index is 1480. The van der Waals surface area contributed by atoms with Crippen molar-refractivity contribution in [2.75, 3.05) is 10.7 Å². The van der Waals surface area contributed by atoms with Crippen molar-refractivity contribution >= 4 is 45.0 Å². The van der Waals surface area contributed by atoms with Crippen LogP contribution in [0.2, 0.25) is 5.02 Å². The molecule has 1 aliphatic carbocycles. The van der Waals surface area contributed by atoms with Gasteiger partial charge < -0.3 is 20.3 Å². The van der Waals surface area contributed by atoms with Gasteiger partial charge in [0.15, 0.2) is 9.84 Å². The van der Waals surface area contributed by atoms with Crippen LogP contribution in [0.25, 0.3) is 0 Å². The number of nitrogens with zero attached hydrogens (tertiary/aromatic N) is 1. The molecule has 1 saturated carbocycles. The van der Waals surface area contributed by atoms with Crippen molar-refractivity contribution in [2.45, 2.75) is 75.1 Å². The van der Waals surface area contributed by atoms with Crippen LogP contribution in [0.4, 0.5) is 23.7 Å². The summed E-state index contributed by atoms with van der Waals surface area (Å²) in [6, 6.07) is 5.28. The highest BCUT2D eigenvalue weighted by atomic mass is 35.5. The van der Waals surface area contributed by atoms with Crippen LogP contribution in [-0.2, 0) is 25.9 Å². The Morgan fingerprint density at radius 2 is 1.80 bits per heavy atom. The van der Waals surface area contributed by atoms with Crippen molar-refractivity contribution in [3.63, 3.8) is 0 Å². The molecule has 14 heteroatoms. The fraction of sp³-hybridized carbons (Fsp3) is 0.444. The number of fused-ring (bicyclic) bond motifs is 1. The van der Waals surface area contributed by atoms with E-state index in [2.05, 4.69) is 10.6 Å². The Hall–Kier alpha value is -3.32. The maximum absolute atomic E-state index is 15.2. The Morgan fingerprint density at radius 3 is 2.39 bits per heavy atom. The summed E-state index contributed by atoms with van der Waals surface area (Å²) >= 11 is 5.97. The highest BCUT2D eigenvalue weighted by molar-refractivity contribution is 7.91. The van der Waals surface area contributed by atoms with Gasteiger partial charge in [-0.2, -0.15) is 0 Å². The third-order valence-corrected chi connectivity index (χ3v) is 8.57. The zero-order chi connectivity index (χ0) is 30.3. The largest absolute Gasteiger partial charge is 0.444 e. The first-order chi connectivity index (χ1) is 18.9. The maximum atomic E-state index is 15.2. The molecule has 2 aromatic carbocycles. The summed E-state index contributed by atoms with van der Waals surface area (Å²) in [6.07, 6.45) is -2.10. The number of hydrogen-bond acceptors (Lipinski definition) is 6. The number of rotatable bonds is 5. The number of halogens is 4. The van der Waals surface area contributed by atoms with Gasteiger partial charge in [0.05, 0.1) is 28.4 Å². The number of anilines is 1. The number of carbonyl (C=O) groups is 3. The highest BCUT2D eigenvalue weighted by Crippen LogP contribution is 2.36. The van der Waals surface area contributed by atoms with Gasteiger partial charge in [-0.15, -0.1) is 0 Å². The molecule has 2 aliphatic rings.